The van der Waals surface area contributed by atoms with E-state index in [2.05, 4.69) is 65.8 Å². The summed E-state index contributed by atoms with van der Waals surface area (Å²) in [5.74, 6) is 0.203. The van der Waals surface area contributed by atoms with Crippen LogP contribution in [-0.4, -0.2) is 53.0 Å². The fourth-order valence-electron chi connectivity index (χ4n) is 4.09. The summed E-state index contributed by atoms with van der Waals surface area (Å²) >= 11 is 0. The van der Waals surface area contributed by atoms with Crippen molar-refractivity contribution >= 4 is 12.0 Å². The van der Waals surface area contributed by atoms with E-state index in [1.165, 1.54) is 24.1 Å². The van der Waals surface area contributed by atoms with Crippen LogP contribution in [0.5, 0.6) is 0 Å². The molecule has 0 bridgehead atoms. The van der Waals surface area contributed by atoms with Crippen molar-refractivity contribution in [2.75, 3.05) is 32.7 Å². The van der Waals surface area contributed by atoms with Gasteiger partial charge in [0.05, 0.1) is 5.56 Å². The van der Waals surface area contributed by atoms with Gasteiger partial charge in [-0.1, -0.05) is 42.5 Å². The Morgan fingerprint density at radius 2 is 1.78 bits per heavy atom. The molecule has 4 heteroatoms. The molecule has 1 saturated carbocycles. The number of aryl methyl sites for hydroxylation is 1. The fourth-order valence-corrected chi connectivity index (χ4v) is 4.09. The predicted octanol–water partition coefficient (Wildman–Crippen LogP) is 3.91. The van der Waals surface area contributed by atoms with Crippen molar-refractivity contribution in [2.45, 2.75) is 32.7 Å². The first-order valence-electron chi connectivity index (χ1n) is 10.0. The van der Waals surface area contributed by atoms with Gasteiger partial charge in [-0.3, -0.25) is 9.69 Å². The van der Waals surface area contributed by atoms with Crippen molar-refractivity contribution < 1.29 is 4.79 Å². The highest BCUT2D eigenvalue weighted by atomic mass is 16.2. The van der Waals surface area contributed by atoms with Gasteiger partial charge in [0.1, 0.15) is 0 Å². The van der Waals surface area contributed by atoms with Gasteiger partial charge < -0.3 is 9.47 Å². The van der Waals surface area contributed by atoms with Crippen molar-refractivity contribution in [3.63, 3.8) is 0 Å². The molecule has 0 unspecified atom stereocenters. The van der Waals surface area contributed by atoms with Crippen molar-refractivity contribution in [1.82, 2.24) is 14.4 Å². The van der Waals surface area contributed by atoms with Gasteiger partial charge >= 0.3 is 0 Å². The standard InChI is InChI=1S/C23H29N3O/c1-18-17-22(19(2)26(18)21-10-11-21)23(27)25-15-13-24(14-16-25)12-6-9-20-7-4-3-5-8-20/h3-9,17,21H,10-16H2,1-2H3. The average Bonchev–Trinajstić information content (AvgIpc) is 3.47. The molecule has 0 atom stereocenters. The number of aromatic nitrogens is 1. The molecule has 4 nitrogen and oxygen atoms in total. The molecule has 2 heterocycles. The minimum Gasteiger partial charge on any atom is -0.345 e. The smallest absolute Gasteiger partial charge is 0.255 e. The minimum absolute atomic E-state index is 0.203. The first-order valence-corrected chi connectivity index (χ1v) is 10.0. The third-order valence-corrected chi connectivity index (χ3v) is 5.76. The van der Waals surface area contributed by atoms with Gasteiger partial charge in [0.15, 0.2) is 0 Å². The van der Waals surface area contributed by atoms with Crippen LogP contribution in [0.15, 0.2) is 42.5 Å². The first-order chi connectivity index (χ1) is 13.1. The maximum absolute atomic E-state index is 13.0. The monoisotopic (exact) mass is 363 g/mol. The van der Waals surface area contributed by atoms with E-state index < -0.39 is 0 Å². The Balaban J connectivity index is 1.32. The highest BCUT2D eigenvalue weighted by Crippen LogP contribution is 2.38. The molecular weight excluding hydrogens is 334 g/mol. The van der Waals surface area contributed by atoms with E-state index >= 15 is 0 Å². The average molecular weight is 364 g/mol. The van der Waals surface area contributed by atoms with Crippen molar-refractivity contribution in [3.05, 3.63) is 65.0 Å². The van der Waals surface area contributed by atoms with Crippen LogP contribution in [0.4, 0.5) is 0 Å². The summed E-state index contributed by atoms with van der Waals surface area (Å²) in [7, 11) is 0. The molecule has 27 heavy (non-hydrogen) atoms. The highest BCUT2D eigenvalue weighted by molar-refractivity contribution is 5.95. The Morgan fingerprint density at radius 3 is 2.44 bits per heavy atom. The lowest BCUT2D eigenvalue weighted by molar-refractivity contribution is 0.0649. The normalized spacial score (nSPS) is 18.4. The first kappa shape index (κ1) is 18.1. The van der Waals surface area contributed by atoms with Gasteiger partial charge in [0, 0.05) is 50.2 Å². The summed E-state index contributed by atoms with van der Waals surface area (Å²) in [6.45, 7) is 8.66. The lowest BCUT2D eigenvalue weighted by Gasteiger charge is -2.34. The zero-order valence-corrected chi connectivity index (χ0v) is 16.4. The molecule has 1 saturated heterocycles. The highest BCUT2D eigenvalue weighted by Gasteiger charge is 2.30. The number of rotatable bonds is 5. The van der Waals surface area contributed by atoms with Crippen LogP contribution in [0, 0.1) is 13.8 Å². The van der Waals surface area contributed by atoms with E-state index in [1.54, 1.807) is 0 Å². The number of piperazine rings is 1. The van der Waals surface area contributed by atoms with Gasteiger partial charge in [0.2, 0.25) is 0 Å². The van der Waals surface area contributed by atoms with E-state index in [9.17, 15) is 4.79 Å². The van der Waals surface area contributed by atoms with E-state index in [0.29, 0.717) is 6.04 Å². The van der Waals surface area contributed by atoms with Crippen molar-refractivity contribution in [3.8, 4) is 0 Å². The zero-order chi connectivity index (χ0) is 18.8. The van der Waals surface area contributed by atoms with Crippen LogP contribution in [0.25, 0.3) is 6.08 Å². The van der Waals surface area contributed by atoms with Crippen LogP contribution >= 0.6 is 0 Å². The number of hydrogen-bond donors (Lipinski definition) is 0. The Kier molecular flexibility index (Phi) is 5.17. The lowest BCUT2D eigenvalue weighted by Crippen LogP contribution is -2.48. The minimum atomic E-state index is 0.203. The van der Waals surface area contributed by atoms with E-state index in [-0.39, 0.29) is 5.91 Å². The summed E-state index contributed by atoms with van der Waals surface area (Å²) in [6, 6.07) is 13.1. The molecule has 1 aromatic carbocycles. The molecule has 2 aliphatic rings. The van der Waals surface area contributed by atoms with Crippen LogP contribution < -0.4 is 0 Å². The molecule has 0 N–H and O–H groups in total. The number of benzene rings is 1. The third-order valence-electron chi connectivity index (χ3n) is 5.76. The molecule has 0 spiro atoms. The molecule has 4 rings (SSSR count). The predicted molar refractivity (Wildman–Crippen MR) is 110 cm³/mol. The second-order valence-corrected chi connectivity index (χ2v) is 7.79. The largest absolute Gasteiger partial charge is 0.345 e. The van der Waals surface area contributed by atoms with Crippen LogP contribution in [0.3, 0.4) is 0 Å². The van der Waals surface area contributed by atoms with Gasteiger partial charge in [-0.15, -0.1) is 0 Å². The molecule has 2 fully saturated rings. The molecule has 1 amide bonds. The van der Waals surface area contributed by atoms with E-state index in [0.717, 1.165) is 44.0 Å². The maximum atomic E-state index is 13.0. The summed E-state index contributed by atoms with van der Waals surface area (Å²) in [6.07, 6.45) is 6.89. The Labute approximate surface area is 162 Å². The molecule has 142 valence electrons. The van der Waals surface area contributed by atoms with Crippen molar-refractivity contribution in [1.29, 1.82) is 0 Å². The van der Waals surface area contributed by atoms with E-state index in [1.807, 2.05) is 11.0 Å². The Morgan fingerprint density at radius 1 is 1.07 bits per heavy atom. The molecule has 1 aromatic heterocycles. The second kappa shape index (κ2) is 7.73. The number of amides is 1. The van der Waals surface area contributed by atoms with E-state index in [4.69, 9.17) is 0 Å². The molecule has 2 aromatic rings. The molecule has 1 aliphatic heterocycles. The van der Waals surface area contributed by atoms with Crippen LogP contribution in [-0.2, 0) is 0 Å². The molecular formula is C23H29N3O. The van der Waals surface area contributed by atoms with Gasteiger partial charge in [-0.25, -0.2) is 0 Å². The zero-order valence-electron chi connectivity index (χ0n) is 16.4. The SMILES string of the molecule is Cc1cc(C(=O)N2CCN(CC=Cc3ccccc3)CC2)c(C)n1C1CC1. The Hall–Kier alpha value is -2.33. The van der Waals surface area contributed by atoms with Crippen LogP contribution in [0.1, 0.15) is 46.2 Å². The summed E-state index contributed by atoms with van der Waals surface area (Å²) < 4.78 is 2.36. The third kappa shape index (κ3) is 4.01. The van der Waals surface area contributed by atoms with Crippen LogP contribution in [0.2, 0.25) is 0 Å². The Bertz CT molecular complexity index is 825. The maximum Gasteiger partial charge on any atom is 0.255 e. The second-order valence-electron chi connectivity index (χ2n) is 7.79. The van der Waals surface area contributed by atoms with Crippen molar-refractivity contribution in [2.24, 2.45) is 0 Å². The quantitative estimate of drug-likeness (QED) is 0.806. The topological polar surface area (TPSA) is 28.5 Å². The number of carbonyl (C=O) groups is 1. The summed E-state index contributed by atoms with van der Waals surface area (Å²) in [5.41, 5.74) is 4.51. The lowest BCUT2D eigenvalue weighted by atomic mass is 10.2. The molecule has 0 radical (unpaired) electrons. The number of carbonyl (C=O) groups excluding carboxylic acids is 1. The van der Waals surface area contributed by atoms with Gasteiger partial charge in [0.25, 0.3) is 5.91 Å². The number of hydrogen-bond acceptors (Lipinski definition) is 2. The fraction of sp³-hybridized carbons (Fsp3) is 0.435. The van der Waals surface area contributed by atoms with Gasteiger partial charge in [-0.2, -0.15) is 0 Å². The number of nitrogens with zero attached hydrogens (tertiary/aromatic N) is 3. The summed E-state index contributed by atoms with van der Waals surface area (Å²) in [5, 5.41) is 0. The van der Waals surface area contributed by atoms with Gasteiger partial charge in [-0.05, 0) is 38.3 Å². The summed E-state index contributed by atoms with van der Waals surface area (Å²) in [4.78, 5) is 17.5. The molecule has 1 aliphatic carbocycles.